The maximum Gasteiger partial charge on any atom is 0.125 e. The Labute approximate surface area is 243 Å². The fraction of sp³-hybridized carbons (Fsp3) is 0.182. The van der Waals surface area contributed by atoms with Gasteiger partial charge in [0.25, 0.3) is 0 Å². The molecule has 212 valence electrons. The Morgan fingerprint density at radius 3 is 2.57 bits per heavy atom. The van der Waals surface area contributed by atoms with Crippen LogP contribution in [0.15, 0.2) is 85.5 Å². The van der Waals surface area contributed by atoms with E-state index in [9.17, 15) is 4.39 Å². The Morgan fingerprint density at radius 1 is 0.905 bits per heavy atom. The number of aromatic amines is 2. The van der Waals surface area contributed by atoms with Crippen LogP contribution >= 0.6 is 0 Å². The minimum Gasteiger partial charge on any atom is -0.384 e. The zero-order valence-corrected chi connectivity index (χ0v) is 23.9. The van der Waals surface area contributed by atoms with Gasteiger partial charge in [-0.1, -0.05) is 19.6 Å². The van der Waals surface area contributed by atoms with E-state index in [1.807, 2.05) is 44.6 Å². The van der Waals surface area contributed by atoms with Crippen LogP contribution in [0.2, 0.25) is 0 Å². The van der Waals surface area contributed by atoms with Crippen molar-refractivity contribution in [1.29, 1.82) is 0 Å². The molecule has 8 nitrogen and oxygen atoms in total. The number of halogens is 1. The average molecular weight is 561 g/mol. The molecule has 0 unspecified atom stereocenters. The van der Waals surface area contributed by atoms with Crippen molar-refractivity contribution in [2.75, 3.05) is 37.8 Å². The first-order valence-electron chi connectivity index (χ1n) is 13.9. The van der Waals surface area contributed by atoms with Crippen LogP contribution in [0.1, 0.15) is 13.3 Å². The molecule has 0 saturated carbocycles. The molecule has 0 aliphatic carbocycles. The van der Waals surface area contributed by atoms with Gasteiger partial charge < -0.3 is 20.5 Å². The quantitative estimate of drug-likeness (QED) is 0.141. The highest BCUT2D eigenvalue weighted by atomic mass is 19.1. The summed E-state index contributed by atoms with van der Waals surface area (Å²) in [5.41, 5.74) is 9.43. The summed E-state index contributed by atoms with van der Waals surface area (Å²) in [5.74, 6) is -0.312. The van der Waals surface area contributed by atoms with E-state index in [4.69, 9.17) is 0 Å². The van der Waals surface area contributed by atoms with Crippen molar-refractivity contribution in [3.63, 3.8) is 0 Å². The van der Waals surface area contributed by atoms with Crippen LogP contribution in [0.3, 0.4) is 0 Å². The van der Waals surface area contributed by atoms with Gasteiger partial charge in [0.1, 0.15) is 11.5 Å². The molecule has 0 radical (unpaired) electrons. The zero-order chi connectivity index (χ0) is 29.2. The van der Waals surface area contributed by atoms with Crippen LogP contribution in [0, 0.1) is 5.82 Å². The lowest BCUT2D eigenvalue weighted by molar-refractivity contribution is 0.425. The third-order valence-electron chi connectivity index (χ3n) is 7.24. The molecule has 0 amide bonds. The first-order chi connectivity index (χ1) is 20.4. The second-order valence-corrected chi connectivity index (χ2v) is 10.6. The van der Waals surface area contributed by atoms with Gasteiger partial charge in [-0.25, -0.2) is 4.39 Å². The Balaban J connectivity index is 1.36. The van der Waals surface area contributed by atoms with Crippen molar-refractivity contribution < 1.29 is 4.39 Å². The van der Waals surface area contributed by atoms with E-state index < -0.39 is 0 Å². The standard InChI is InChI=1S/C33H33FN8/c1-5-20(2)38-26-14-23(18-35-19-26)21-6-7-30-27(15-21)33(41-40-30)31-17-28-29(39-31)8-9-37-32(28)22-12-24(34)16-25(13-22)36-10-11-42(3)4/h6-9,12-19,36,38-39H,2,5,10-11H2,1,3-4H3,(H,40,41). The number of anilines is 2. The number of aromatic nitrogens is 5. The van der Waals surface area contributed by atoms with Crippen molar-refractivity contribution in [2.24, 2.45) is 0 Å². The number of likely N-dealkylation sites (N-methyl/N-ethyl adjacent to an activating group) is 1. The fourth-order valence-corrected chi connectivity index (χ4v) is 5.02. The number of fused-ring (bicyclic) bond motifs is 2. The Kier molecular flexibility index (Phi) is 7.41. The second kappa shape index (κ2) is 11.5. The molecule has 0 spiro atoms. The van der Waals surface area contributed by atoms with E-state index in [0.717, 1.165) is 74.4 Å². The summed E-state index contributed by atoms with van der Waals surface area (Å²) in [5, 5.41) is 16.3. The number of nitrogens with one attached hydrogen (secondary N) is 4. The number of pyridine rings is 2. The van der Waals surface area contributed by atoms with Crippen LogP contribution in [-0.2, 0) is 0 Å². The molecule has 0 fully saturated rings. The van der Waals surface area contributed by atoms with E-state index in [-0.39, 0.29) is 5.82 Å². The van der Waals surface area contributed by atoms with Crippen molar-refractivity contribution in [1.82, 2.24) is 30.0 Å². The summed E-state index contributed by atoms with van der Waals surface area (Å²) in [7, 11) is 4.02. The number of hydrogen-bond acceptors (Lipinski definition) is 6. The minimum absolute atomic E-state index is 0.312. The van der Waals surface area contributed by atoms with Crippen LogP contribution in [0.25, 0.3) is 55.6 Å². The molecule has 4 heterocycles. The molecule has 0 atom stereocenters. The third-order valence-corrected chi connectivity index (χ3v) is 7.24. The van der Waals surface area contributed by atoms with Gasteiger partial charge in [-0.05, 0) is 74.6 Å². The molecular weight excluding hydrogens is 527 g/mol. The van der Waals surface area contributed by atoms with Crippen molar-refractivity contribution in [2.45, 2.75) is 13.3 Å². The summed E-state index contributed by atoms with van der Waals surface area (Å²) >= 11 is 0. The van der Waals surface area contributed by atoms with Gasteiger partial charge in [0, 0.05) is 64.3 Å². The molecular formula is C33H33FN8. The van der Waals surface area contributed by atoms with Gasteiger partial charge in [-0.2, -0.15) is 5.10 Å². The van der Waals surface area contributed by atoms with E-state index >= 15 is 0 Å². The van der Waals surface area contributed by atoms with E-state index in [1.165, 1.54) is 12.1 Å². The normalized spacial score (nSPS) is 11.5. The summed E-state index contributed by atoms with van der Waals surface area (Å²) in [4.78, 5) is 14.7. The van der Waals surface area contributed by atoms with E-state index in [2.05, 4.69) is 72.4 Å². The largest absolute Gasteiger partial charge is 0.384 e. The molecule has 6 aromatic rings. The summed E-state index contributed by atoms with van der Waals surface area (Å²) < 4.78 is 14.7. The van der Waals surface area contributed by atoms with Gasteiger partial charge in [0.05, 0.1) is 28.8 Å². The topological polar surface area (TPSA) is 97.5 Å². The fourth-order valence-electron chi connectivity index (χ4n) is 5.02. The van der Waals surface area contributed by atoms with Crippen molar-refractivity contribution in [3.8, 4) is 33.8 Å². The Hall–Kier alpha value is -5.02. The third kappa shape index (κ3) is 5.59. The number of rotatable bonds is 10. The SMILES string of the molecule is C=C(CC)Nc1cncc(-c2ccc3[nH]nc(-c4cc5c(-c6cc(F)cc(NCCN(C)C)c6)nccc5[nH]4)c3c2)c1. The molecule has 6 rings (SSSR count). The number of nitrogens with zero attached hydrogens (tertiary/aromatic N) is 4. The van der Waals surface area contributed by atoms with Crippen molar-refractivity contribution >= 4 is 33.2 Å². The average Bonchev–Trinajstić information content (AvgIpc) is 3.60. The molecule has 9 heteroatoms. The number of benzene rings is 2. The molecule has 0 bridgehead atoms. The monoisotopic (exact) mass is 560 g/mol. The maximum absolute atomic E-state index is 14.7. The van der Waals surface area contributed by atoms with Gasteiger partial charge in [0.15, 0.2) is 0 Å². The number of H-pyrrole nitrogens is 2. The summed E-state index contributed by atoms with van der Waals surface area (Å²) in [6.07, 6.45) is 6.22. The van der Waals surface area contributed by atoms with Crippen LogP contribution in [-0.4, -0.2) is 57.2 Å². The Bertz CT molecular complexity index is 1900. The summed E-state index contributed by atoms with van der Waals surface area (Å²) in [6, 6.07) is 17.2. The predicted octanol–water partition coefficient (Wildman–Crippen LogP) is 7.28. The van der Waals surface area contributed by atoms with Gasteiger partial charge in [0.2, 0.25) is 0 Å². The molecule has 0 aliphatic heterocycles. The van der Waals surface area contributed by atoms with Gasteiger partial charge in [-0.15, -0.1) is 0 Å². The molecule has 4 aromatic heterocycles. The molecule has 4 N–H and O–H groups in total. The number of hydrogen-bond donors (Lipinski definition) is 4. The smallest absolute Gasteiger partial charge is 0.125 e. The first kappa shape index (κ1) is 27.2. The minimum atomic E-state index is -0.312. The highest BCUT2D eigenvalue weighted by Gasteiger charge is 2.16. The lowest BCUT2D eigenvalue weighted by Gasteiger charge is -2.12. The number of allylic oxidation sites excluding steroid dienone is 1. The van der Waals surface area contributed by atoms with E-state index in [0.29, 0.717) is 17.8 Å². The van der Waals surface area contributed by atoms with Crippen LogP contribution in [0.4, 0.5) is 15.8 Å². The van der Waals surface area contributed by atoms with Crippen LogP contribution in [0.5, 0.6) is 0 Å². The molecule has 2 aromatic carbocycles. The molecule has 0 saturated heterocycles. The second-order valence-electron chi connectivity index (χ2n) is 10.6. The maximum atomic E-state index is 14.7. The highest BCUT2D eigenvalue weighted by Crippen LogP contribution is 2.35. The molecule has 42 heavy (non-hydrogen) atoms. The molecule has 0 aliphatic rings. The zero-order valence-electron chi connectivity index (χ0n) is 23.9. The predicted molar refractivity (Wildman–Crippen MR) is 170 cm³/mol. The van der Waals surface area contributed by atoms with Crippen molar-refractivity contribution in [3.05, 3.63) is 91.3 Å². The van der Waals surface area contributed by atoms with Crippen LogP contribution < -0.4 is 10.6 Å². The van der Waals surface area contributed by atoms with Gasteiger partial charge >= 0.3 is 0 Å². The lowest BCUT2D eigenvalue weighted by atomic mass is 10.0. The van der Waals surface area contributed by atoms with Gasteiger partial charge in [-0.3, -0.25) is 15.1 Å². The van der Waals surface area contributed by atoms with E-state index in [1.54, 1.807) is 12.4 Å². The highest BCUT2D eigenvalue weighted by molar-refractivity contribution is 6.01. The summed E-state index contributed by atoms with van der Waals surface area (Å²) in [6.45, 7) is 7.65. The first-order valence-corrected chi connectivity index (χ1v) is 13.9. The Morgan fingerprint density at radius 2 is 1.74 bits per heavy atom. The lowest BCUT2D eigenvalue weighted by Crippen LogP contribution is -2.20.